The predicted molar refractivity (Wildman–Crippen MR) is 48.1 cm³/mol. The lowest BCUT2D eigenvalue weighted by atomic mass is 10.3. The van der Waals surface area contributed by atoms with E-state index in [0.717, 1.165) is 13.2 Å². The second-order valence-corrected chi connectivity index (χ2v) is 3.00. The molecular formula is C9H15NO3. The van der Waals surface area contributed by atoms with E-state index in [2.05, 4.69) is 16.6 Å². The molecule has 0 amide bonds. The first-order valence-corrected chi connectivity index (χ1v) is 4.33. The first-order valence-electron chi connectivity index (χ1n) is 4.33. The number of carbonyl (C=O) groups is 1. The first kappa shape index (κ1) is 10.1. The van der Waals surface area contributed by atoms with Crippen LogP contribution < -0.4 is 0 Å². The van der Waals surface area contributed by atoms with Crippen LogP contribution in [-0.2, 0) is 14.3 Å². The number of ether oxygens (including phenoxy) is 2. The van der Waals surface area contributed by atoms with Crippen LogP contribution in [0, 0.1) is 0 Å². The van der Waals surface area contributed by atoms with Gasteiger partial charge in [0.05, 0.1) is 20.3 Å². The highest BCUT2D eigenvalue weighted by Crippen LogP contribution is 2.05. The van der Waals surface area contributed by atoms with E-state index in [1.54, 1.807) is 6.20 Å². The van der Waals surface area contributed by atoms with Crippen molar-refractivity contribution in [1.29, 1.82) is 0 Å². The molecule has 0 saturated carbocycles. The molecule has 0 N–H and O–H groups in total. The fourth-order valence-corrected chi connectivity index (χ4v) is 1.19. The molecular weight excluding hydrogens is 170 g/mol. The number of morpholine rings is 1. The summed E-state index contributed by atoms with van der Waals surface area (Å²) in [5.41, 5.74) is 0. The van der Waals surface area contributed by atoms with Gasteiger partial charge >= 0.3 is 5.97 Å². The molecule has 1 saturated heterocycles. The van der Waals surface area contributed by atoms with Crippen LogP contribution in [0.15, 0.2) is 12.3 Å². The van der Waals surface area contributed by atoms with Crippen molar-refractivity contribution in [2.45, 2.75) is 13.0 Å². The number of hydrogen-bond acceptors (Lipinski definition) is 4. The Labute approximate surface area is 78.1 Å². The molecule has 0 aromatic carbocycles. The second kappa shape index (κ2) is 4.87. The molecule has 13 heavy (non-hydrogen) atoms. The Morgan fingerprint density at radius 1 is 1.69 bits per heavy atom. The standard InChI is InChI=1S/C9H15NO3/c1-8-7-13-6-5-10(8)4-3-9(11)12-2/h3-4,8H,5-7H2,1-2H3. The Balaban J connectivity index is 2.41. The van der Waals surface area contributed by atoms with Gasteiger partial charge in [-0.25, -0.2) is 4.79 Å². The number of carbonyl (C=O) groups excluding carboxylic acids is 1. The average Bonchev–Trinajstić information content (AvgIpc) is 2.16. The topological polar surface area (TPSA) is 38.8 Å². The van der Waals surface area contributed by atoms with E-state index in [9.17, 15) is 4.79 Å². The van der Waals surface area contributed by atoms with E-state index < -0.39 is 0 Å². The monoisotopic (exact) mass is 185 g/mol. The van der Waals surface area contributed by atoms with E-state index >= 15 is 0 Å². The minimum atomic E-state index is -0.321. The summed E-state index contributed by atoms with van der Waals surface area (Å²) in [7, 11) is 1.37. The summed E-state index contributed by atoms with van der Waals surface area (Å²) in [6, 6.07) is 0.328. The minimum Gasteiger partial charge on any atom is -0.466 e. The molecule has 0 aromatic heterocycles. The third kappa shape index (κ3) is 3.06. The van der Waals surface area contributed by atoms with Crippen molar-refractivity contribution < 1.29 is 14.3 Å². The largest absolute Gasteiger partial charge is 0.466 e. The molecule has 74 valence electrons. The van der Waals surface area contributed by atoms with Crippen molar-refractivity contribution in [3.63, 3.8) is 0 Å². The number of esters is 1. The van der Waals surface area contributed by atoms with Gasteiger partial charge in [-0.1, -0.05) is 0 Å². The molecule has 4 nitrogen and oxygen atoms in total. The van der Waals surface area contributed by atoms with Gasteiger partial charge in [-0.15, -0.1) is 0 Å². The minimum absolute atomic E-state index is 0.321. The molecule has 1 unspecified atom stereocenters. The Kier molecular flexibility index (Phi) is 3.76. The summed E-state index contributed by atoms with van der Waals surface area (Å²) in [6.07, 6.45) is 3.20. The zero-order valence-electron chi connectivity index (χ0n) is 8.03. The quantitative estimate of drug-likeness (QED) is 0.461. The summed E-state index contributed by atoms with van der Waals surface area (Å²) in [6.45, 7) is 4.32. The number of hydrogen-bond donors (Lipinski definition) is 0. The first-order chi connectivity index (χ1) is 6.24. The smallest absolute Gasteiger partial charge is 0.331 e. The number of nitrogens with zero attached hydrogens (tertiary/aromatic N) is 1. The Bertz CT molecular complexity index is 203. The molecule has 1 aliphatic heterocycles. The molecule has 1 rings (SSSR count). The van der Waals surface area contributed by atoms with Crippen LogP contribution >= 0.6 is 0 Å². The maximum absolute atomic E-state index is 10.8. The zero-order valence-corrected chi connectivity index (χ0v) is 8.03. The third-order valence-electron chi connectivity index (χ3n) is 2.02. The maximum atomic E-state index is 10.8. The van der Waals surface area contributed by atoms with E-state index in [4.69, 9.17) is 4.74 Å². The van der Waals surface area contributed by atoms with Crippen LogP contribution in [0.1, 0.15) is 6.92 Å². The van der Waals surface area contributed by atoms with Gasteiger partial charge in [-0.3, -0.25) is 0 Å². The lowest BCUT2D eigenvalue weighted by Crippen LogP contribution is -2.40. The Hall–Kier alpha value is -1.03. The number of rotatable bonds is 2. The van der Waals surface area contributed by atoms with Gasteiger partial charge in [0.15, 0.2) is 0 Å². The van der Waals surface area contributed by atoms with E-state index in [1.165, 1.54) is 13.2 Å². The van der Waals surface area contributed by atoms with Crippen molar-refractivity contribution in [2.24, 2.45) is 0 Å². The van der Waals surface area contributed by atoms with Gasteiger partial charge in [0.1, 0.15) is 0 Å². The predicted octanol–water partition coefficient (Wildman–Crippen LogP) is 0.394. The van der Waals surface area contributed by atoms with Crippen molar-refractivity contribution in [3.8, 4) is 0 Å². The average molecular weight is 185 g/mol. The van der Waals surface area contributed by atoms with Crippen molar-refractivity contribution in [1.82, 2.24) is 4.90 Å². The lowest BCUT2D eigenvalue weighted by Gasteiger charge is -2.31. The van der Waals surface area contributed by atoms with Crippen LogP contribution in [0.3, 0.4) is 0 Å². The van der Waals surface area contributed by atoms with Crippen molar-refractivity contribution in [3.05, 3.63) is 12.3 Å². The van der Waals surface area contributed by atoms with E-state index in [-0.39, 0.29) is 5.97 Å². The summed E-state index contributed by atoms with van der Waals surface area (Å²) in [5.74, 6) is -0.321. The van der Waals surface area contributed by atoms with Crippen LogP contribution in [0.5, 0.6) is 0 Å². The molecule has 0 radical (unpaired) electrons. The van der Waals surface area contributed by atoms with Crippen LogP contribution in [0.25, 0.3) is 0 Å². The van der Waals surface area contributed by atoms with Gasteiger partial charge in [0, 0.05) is 24.9 Å². The molecule has 4 heteroatoms. The maximum Gasteiger partial charge on any atom is 0.331 e. The molecule has 1 atom stereocenters. The molecule has 1 aliphatic rings. The van der Waals surface area contributed by atoms with E-state index in [0.29, 0.717) is 12.6 Å². The van der Waals surface area contributed by atoms with Crippen molar-refractivity contribution >= 4 is 5.97 Å². The summed E-state index contributed by atoms with van der Waals surface area (Å²) in [5, 5.41) is 0. The molecule has 0 bridgehead atoms. The van der Waals surface area contributed by atoms with Gasteiger partial charge in [-0.05, 0) is 6.92 Å². The summed E-state index contributed by atoms with van der Waals surface area (Å²) >= 11 is 0. The summed E-state index contributed by atoms with van der Waals surface area (Å²) in [4.78, 5) is 12.9. The summed E-state index contributed by atoms with van der Waals surface area (Å²) < 4.78 is 9.75. The SMILES string of the molecule is COC(=O)C=CN1CCOCC1C. The fourth-order valence-electron chi connectivity index (χ4n) is 1.19. The van der Waals surface area contributed by atoms with Crippen LogP contribution in [-0.4, -0.2) is 43.8 Å². The van der Waals surface area contributed by atoms with E-state index in [1.807, 2.05) is 0 Å². The molecule has 0 aromatic rings. The fraction of sp³-hybridized carbons (Fsp3) is 0.667. The normalized spacial score (nSPS) is 23.5. The Morgan fingerprint density at radius 3 is 3.08 bits per heavy atom. The highest BCUT2D eigenvalue weighted by molar-refractivity contribution is 5.81. The molecule has 0 spiro atoms. The highest BCUT2D eigenvalue weighted by atomic mass is 16.5. The molecule has 0 aliphatic carbocycles. The molecule has 1 fully saturated rings. The van der Waals surface area contributed by atoms with Gasteiger partial charge in [0.25, 0.3) is 0 Å². The van der Waals surface area contributed by atoms with Gasteiger partial charge < -0.3 is 14.4 Å². The van der Waals surface area contributed by atoms with Crippen molar-refractivity contribution in [2.75, 3.05) is 26.9 Å². The Morgan fingerprint density at radius 2 is 2.46 bits per heavy atom. The second-order valence-electron chi connectivity index (χ2n) is 3.00. The number of methoxy groups -OCH3 is 1. The molecule has 1 heterocycles. The lowest BCUT2D eigenvalue weighted by molar-refractivity contribution is -0.134. The zero-order chi connectivity index (χ0) is 9.68. The van der Waals surface area contributed by atoms with Crippen LogP contribution in [0.2, 0.25) is 0 Å². The van der Waals surface area contributed by atoms with Crippen LogP contribution in [0.4, 0.5) is 0 Å². The highest BCUT2D eigenvalue weighted by Gasteiger charge is 2.14. The third-order valence-corrected chi connectivity index (χ3v) is 2.02. The van der Waals surface area contributed by atoms with Gasteiger partial charge in [0.2, 0.25) is 0 Å². The van der Waals surface area contributed by atoms with Gasteiger partial charge in [-0.2, -0.15) is 0 Å².